The number of rotatable bonds is 1. The van der Waals surface area contributed by atoms with Crippen molar-refractivity contribution in [1.82, 2.24) is 19.5 Å². The molecule has 0 bridgehead atoms. The van der Waals surface area contributed by atoms with Gasteiger partial charge in [-0.05, 0) is 7.05 Å². The Hall–Kier alpha value is -2.03. The van der Waals surface area contributed by atoms with Crippen molar-refractivity contribution in [2.45, 2.75) is 6.18 Å². The van der Waals surface area contributed by atoms with Crippen molar-refractivity contribution < 1.29 is 13.2 Å². The zero-order valence-corrected chi connectivity index (χ0v) is 11.4. The number of hydrogen-bond donors (Lipinski definition) is 1. The maximum atomic E-state index is 12.9. The Morgan fingerprint density at radius 3 is 2.48 bits per heavy atom. The molecule has 3 heterocycles. The number of hydrogen-bond acceptors (Lipinski definition) is 5. The third-order valence-electron chi connectivity index (χ3n) is 3.60. The summed E-state index contributed by atoms with van der Waals surface area (Å²) in [4.78, 5) is 7.79. The van der Waals surface area contributed by atoms with Gasteiger partial charge in [0.2, 0.25) is 0 Å². The van der Waals surface area contributed by atoms with Crippen molar-refractivity contribution in [2.24, 2.45) is 0 Å². The van der Waals surface area contributed by atoms with E-state index in [4.69, 9.17) is 5.73 Å². The predicted octanol–water partition coefficient (Wildman–Crippen LogP) is 1.08. The zero-order chi connectivity index (χ0) is 15.2. The van der Waals surface area contributed by atoms with Gasteiger partial charge in [0, 0.05) is 32.2 Å². The highest BCUT2D eigenvalue weighted by atomic mass is 19.4. The minimum Gasteiger partial charge on any atom is -0.396 e. The molecule has 0 amide bonds. The minimum atomic E-state index is -4.51. The number of nitrogen functional groups attached to an aromatic ring is 1. The van der Waals surface area contributed by atoms with Crippen LogP contribution in [0.5, 0.6) is 0 Å². The van der Waals surface area contributed by atoms with Crippen LogP contribution in [0.3, 0.4) is 0 Å². The molecule has 114 valence electrons. The second-order valence-corrected chi connectivity index (χ2v) is 5.12. The molecule has 0 aliphatic carbocycles. The van der Waals surface area contributed by atoms with Gasteiger partial charge in [0.1, 0.15) is 0 Å². The molecular formula is C12H15F3N6. The molecule has 6 nitrogen and oxygen atoms in total. The maximum absolute atomic E-state index is 12.9. The quantitative estimate of drug-likeness (QED) is 0.854. The van der Waals surface area contributed by atoms with Gasteiger partial charge < -0.3 is 15.5 Å². The van der Waals surface area contributed by atoms with E-state index in [0.29, 0.717) is 18.9 Å². The number of anilines is 2. The predicted molar refractivity (Wildman–Crippen MR) is 72.1 cm³/mol. The third-order valence-corrected chi connectivity index (χ3v) is 3.60. The molecule has 0 unspecified atom stereocenters. The average Bonchev–Trinajstić information content (AvgIpc) is 2.83. The fourth-order valence-electron chi connectivity index (χ4n) is 2.36. The lowest BCUT2D eigenvalue weighted by Crippen LogP contribution is -2.45. The lowest BCUT2D eigenvalue weighted by molar-refractivity contribution is -0.142. The van der Waals surface area contributed by atoms with E-state index in [1.54, 1.807) is 6.07 Å². The van der Waals surface area contributed by atoms with Crippen LogP contribution >= 0.6 is 0 Å². The lowest BCUT2D eigenvalue weighted by Gasteiger charge is -2.33. The molecule has 1 saturated heterocycles. The largest absolute Gasteiger partial charge is 0.435 e. The SMILES string of the molecule is CN1CCN(c2cc(N)c3ncc(C(F)(F)F)n3n2)CC1. The van der Waals surface area contributed by atoms with Gasteiger partial charge in [0.05, 0.1) is 11.9 Å². The Kier molecular flexibility index (Phi) is 3.16. The van der Waals surface area contributed by atoms with Gasteiger partial charge in [-0.1, -0.05) is 0 Å². The van der Waals surface area contributed by atoms with Crippen LogP contribution in [0.2, 0.25) is 0 Å². The molecule has 1 aliphatic rings. The van der Waals surface area contributed by atoms with Crippen LogP contribution in [0.15, 0.2) is 12.3 Å². The van der Waals surface area contributed by atoms with Gasteiger partial charge >= 0.3 is 6.18 Å². The molecule has 2 aromatic heterocycles. The van der Waals surface area contributed by atoms with Crippen molar-refractivity contribution in [3.8, 4) is 0 Å². The number of likely N-dealkylation sites (N-methyl/N-ethyl adjacent to an activating group) is 1. The second-order valence-electron chi connectivity index (χ2n) is 5.12. The van der Waals surface area contributed by atoms with E-state index < -0.39 is 11.9 Å². The zero-order valence-electron chi connectivity index (χ0n) is 11.4. The van der Waals surface area contributed by atoms with E-state index in [2.05, 4.69) is 15.0 Å². The highest BCUT2D eigenvalue weighted by Crippen LogP contribution is 2.31. The van der Waals surface area contributed by atoms with E-state index >= 15 is 0 Å². The maximum Gasteiger partial charge on any atom is 0.435 e. The van der Waals surface area contributed by atoms with Crippen LogP contribution in [-0.2, 0) is 6.18 Å². The van der Waals surface area contributed by atoms with Crippen LogP contribution < -0.4 is 10.6 Å². The standard InChI is InChI=1S/C12H15F3N6/c1-19-2-4-20(5-3-19)10-6-8(16)11-17-7-9(12(13,14)15)21(11)18-10/h6-7H,2-5,16H2,1H3. The molecule has 1 aliphatic heterocycles. The van der Waals surface area contributed by atoms with Gasteiger partial charge in [-0.2, -0.15) is 13.2 Å². The summed E-state index contributed by atoms with van der Waals surface area (Å²) in [5.41, 5.74) is 5.12. The van der Waals surface area contributed by atoms with Crippen LogP contribution in [-0.4, -0.2) is 52.7 Å². The molecule has 2 aromatic rings. The van der Waals surface area contributed by atoms with E-state index in [0.717, 1.165) is 23.8 Å². The summed E-state index contributed by atoms with van der Waals surface area (Å²) in [5, 5.41) is 4.07. The van der Waals surface area contributed by atoms with Crippen LogP contribution in [0, 0.1) is 0 Å². The summed E-state index contributed by atoms with van der Waals surface area (Å²) < 4.78 is 39.6. The number of alkyl halides is 3. The normalized spacial score (nSPS) is 17.6. The molecule has 2 N–H and O–H groups in total. The van der Waals surface area contributed by atoms with E-state index in [1.165, 1.54) is 0 Å². The first kappa shape index (κ1) is 13.9. The number of nitrogens with zero attached hydrogens (tertiary/aromatic N) is 5. The molecule has 0 spiro atoms. The Balaban J connectivity index is 2.05. The first-order valence-corrected chi connectivity index (χ1v) is 6.51. The van der Waals surface area contributed by atoms with Gasteiger partial charge in [0.25, 0.3) is 0 Å². The van der Waals surface area contributed by atoms with Gasteiger partial charge in [0.15, 0.2) is 17.2 Å². The number of nitrogens with two attached hydrogens (primary N) is 1. The Labute approximate surface area is 118 Å². The Morgan fingerprint density at radius 2 is 1.86 bits per heavy atom. The smallest absolute Gasteiger partial charge is 0.396 e. The van der Waals surface area contributed by atoms with Crippen molar-refractivity contribution in [2.75, 3.05) is 43.9 Å². The average molecular weight is 300 g/mol. The number of imidazole rings is 1. The first-order chi connectivity index (χ1) is 9.86. The van der Waals surface area contributed by atoms with Crippen molar-refractivity contribution in [3.05, 3.63) is 18.0 Å². The van der Waals surface area contributed by atoms with E-state index in [1.807, 2.05) is 11.9 Å². The molecule has 0 saturated carbocycles. The molecular weight excluding hydrogens is 285 g/mol. The molecule has 0 radical (unpaired) electrons. The topological polar surface area (TPSA) is 62.7 Å². The fraction of sp³-hybridized carbons (Fsp3) is 0.500. The number of fused-ring (bicyclic) bond motifs is 1. The number of piperazine rings is 1. The molecule has 1 fully saturated rings. The number of halogens is 3. The number of aromatic nitrogens is 3. The third kappa shape index (κ3) is 2.48. The van der Waals surface area contributed by atoms with Gasteiger partial charge in [-0.3, -0.25) is 0 Å². The van der Waals surface area contributed by atoms with Gasteiger partial charge in [-0.25, -0.2) is 9.50 Å². The van der Waals surface area contributed by atoms with Crippen molar-refractivity contribution in [3.63, 3.8) is 0 Å². The van der Waals surface area contributed by atoms with Crippen molar-refractivity contribution in [1.29, 1.82) is 0 Å². The highest BCUT2D eigenvalue weighted by molar-refractivity contribution is 5.68. The Bertz CT molecular complexity index is 657. The van der Waals surface area contributed by atoms with Crippen LogP contribution in [0.25, 0.3) is 5.65 Å². The molecule has 3 rings (SSSR count). The fourth-order valence-corrected chi connectivity index (χ4v) is 2.36. The molecule has 0 atom stereocenters. The summed E-state index contributed by atoms with van der Waals surface area (Å²) in [6, 6.07) is 1.58. The first-order valence-electron chi connectivity index (χ1n) is 6.51. The van der Waals surface area contributed by atoms with E-state index in [9.17, 15) is 13.2 Å². The summed E-state index contributed by atoms with van der Waals surface area (Å²) in [7, 11) is 2.00. The second kappa shape index (κ2) is 4.76. The summed E-state index contributed by atoms with van der Waals surface area (Å²) in [6.45, 7) is 3.06. The molecule has 0 aromatic carbocycles. The minimum absolute atomic E-state index is 0.0280. The van der Waals surface area contributed by atoms with Crippen molar-refractivity contribution >= 4 is 17.2 Å². The molecule has 21 heavy (non-hydrogen) atoms. The van der Waals surface area contributed by atoms with E-state index in [-0.39, 0.29) is 11.3 Å². The van der Waals surface area contributed by atoms with Crippen LogP contribution in [0.4, 0.5) is 24.7 Å². The molecule has 9 heteroatoms. The highest BCUT2D eigenvalue weighted by Gasteiger charge is 2.36. The van der Waals surface area contributed by atoms with Gasteiger partial charge in [-0.15, -0.1) is 5.10 Å². The monoisotopic (exact) mass is 300 g/mol. The lowest BCUT2D eigenvalue weighted by atomic mass is 10.3. The summed E-state index contributed by atoms with van der Waals surface area (Å²) >= 11 is 0. The van der Waals surface area contributed by atoms with Crippen LogP contribution in [0.1, 0.15) is 5.69 Å². The Morgan fingerprint density at radius 1 is 1.19 bits per heavy atom. The summed E-state index contributed by atoms with van der Waals surface area (Å²) in [6.07, 6.45) is -3.76. The summed E-state index contributed by atoms with van der Waals surface area (Å²) in [5.74, 6) is 0.441.